The van der Waals surface area contributed by atoms with Crippen LogP contribution < -0.4 is 0 Å². The van der Waals surface area contributed by atoms with Crippen molar-refractivity contribution in [2.45, 2.75) is 58.0 Å². The van der Waals surface area contributed by atoms with E-state index < -0.39 is 11.7 Å². The summed E-state index contributed by atoms with van der Waals surface area (Å²) >= 11 is 0. The van der Waals surface area contributed by atoms with Crippen LogP contribution in [-0.4, -0.2) is 52.3 Å². The maximum absolute atomic E-state index is 12.9. The van der Waals surface area contributed by atoms with Crippen LogP contribution in [0, 0.1) is 0 Å². The van der Waals surface area contributed by atoms with Gasteiger partial charge in [-0.3, -0.25) is 9.80 Å². The number of fused-ring (bicyclic) bond motifs is 1. The van der Waals surface area contributed by atoms with E-state index in [1.165, 1.54) is 11.1 Å². The van der Waals surface area contributed by atoms with Crippen LogP contribution in [0.3, 0.4) is 0 Å². The van der Waals surface area contributed by atoms with E-state index in [2.05, 4.69) is 23.1 Å². The van der Waals surface area contributed by atoms with Gasteiger partial charge in [0.05, 0.1) is 12.1 Å². The minimum absolute atomic E-state index is 0.321. The molecule has 0 radical (unpaired) electrons. The molecule has 0 aliphatic carbocycles. The Labute approximate surface area is 173 Å². The van der Waals surface area contributed by atoms with E-state index in [1.54, 1.807) is 4.90 Å². The third kappa shape index (κ3) is 5.81. The van der Waals surface area contributed by atoms with Crippen molar-refractivity contribution >= 4 is 6.09 Å². The first-order chi connectivity index (χ1) is 13.7. The maximum atomic E-state index is 12.9. The van der Waals surface area contributed by atoms with Crippen molar-refractivity contribution in [2.75, 3.05) is 13.6 Å². The van der Waals surface area contributed by atoms with Gasteiger partial charge in [0.15, 0.2) is 0 Å². The Morgan fingerprint density at radius 1 is 1.14 bits per heavy atom. The smallest absolute Gasteiger partial charge is 0.410 e. The predicted octanol–water partition coefficient (Wildman–Crippen LogP) is 3.84. The Hall–Kier alpha value is -2.37. The Balaban J connectivity index is 1.74. The lowest BCUT2D eigenvalue weighted by Crippen LogP contribution is -2.54. The van der Waals surface area contributed by atoms with Crippen molar-refractivity contribution in [3.63, 3.8) is 0 Å². The van der Waals surface area contributed by atoms with Crippen LogP contribution in [0.2, 0.25) is 0 Å². The normalized spacial score (nSPS) is 17.7. The first-order valence-corrected chi connectivity index (χ1v) is 10.2. The summed E-state index contributed by atoms with van der Waals surface area (Å²) in [7, 11) is 1.99. The second kappa shape index (κ2) is 8.97. The fourth-order valence-electron chi connectivity index (χ4n) is 3.81. The summed E-state index contributed by atoms with van der Waals surface area (Å²) in [4.78, 5) is 16.7. The molecule has 0 unspecified atom stereocenters. The van der Waals surface area contributed by atoms with Crippen molar-refractivity contribution in [2.24, 2.45) is 0 Å². The number of hydrogen-bond acceptors (Lipinski definition) is 4. The summed E-state index contributed by atoms with van der Waals surface area (Å²) in [5.41, 5.74) is 2.91. The third-order valence-corrected chi connectivity index (χ3v) is 5.15. The van der Waals surface area contributed by atoms with Crippen molar-refractivity contribution in [1.82, 2.24) is 9.80 Å². The van der Waals surface area contributed by atoms with E-state index in [4.69, 9.17) is 4.74 Å². The van der Waals surface area contributed by atoms with Gasteiger partial charge in [0.1, 0.15) is 5.60 Å². The monoisotopic (exact) mass is 396 g/mol. The summed E-state index contributed by atoms with van der Waals surface area (Å²) in [6.45, 7) is 7.26. The van der Waals surface area contributed by atoms with E-state index >= 15 is 0 Å². The minimum Gasteiger partial charge on any atom is -0.444 e. The van der Waals surface area contributed by atoms with Gasteiger partial charge in [-0.05, 0) is 50.9 Å². The number of benzene rings is 2. The van der Waals surface area contributed by atoms with Crippen molar-refractivity contribution < 1.29 is 14.6 Å². The standard InChI is InChI=1S/C24H32N2O3/c1-24(2,3)29-23(28)26-16-20-13-9-8-12-19(20)14-21(26)22(27)17-25(4)15-18-10-6-5-7-11-18/h5-13,21-22,27H,14-17H2,1-4H3/t21-,22+/m0/s1. The first-order valence-electron chi connectivity index (χ1n) is 10.2. The molecule has 2 aromatic rings. The van der Waals surface area contributed by atoms with Crippen LogP contribution in [0.4, 0.5) is 4.79 Å². The van der Waals surface area contributed by atoms with Gasteiger partial charge in [0.2, 0.25) is 0 Å². The van der Waals surface area contributed by atoms with E-state index in [0.29, 0.717) is 19.5 Å². The fraction of sp³-hybridized carbons (Fsp3) is 0.458. The molecule has 1 heterocycles. The molecule has 0 bridgehead atoms. The van der Waals surface area contributed by atoms with Crippen molar-refractivity contribution in [1.29, 1.82) is 0 Å². The fourth-order valence-corrected chi connectivity index (χ4v) is 3.81. The molecule has 3 rings (SSSR count). The average Bonchev–Trinajstić information content (AvgIpc) is 2.66. The second-order valence-corrected chi connectivity index (χ2v) is 8.90. The molecule has 0 fully saturated rings. The summed E-state index contributed by atoms with van der Waals surface area (Å²) < 4.78 is 5.64. The third-order valence-electron chi connectivity index (χ3n) is 5.15. The minimum atomic E-state index is -0.676. The predicted molar refractivity (Wildman–Crippen MR) is 114 cm³/mol. The molecule has 1 N–H and O–H groups in total. The van der Waals surface area contributed by atoms with E-state index in [9.17, 15) is 9.90 Å². The van der Waals surface area contributed by atoms with Crippen LogP contribution in [0.5, 0.6) is 0 Å². The molecule has 2 atom stereocenters. The molecule has 2 aromatic carbocycles. The number of hydrogen-bond donors (Lipinski definition) is 1. The molecule has 1 aliphatic heterocycles. The zero-order valence-electron chi connectivity index (χ0n) is 17.8. The maximum Gasteiger partial charge on any atom is 0.410 e. The SMILES string of the molecule is CN(Cc1ccccc1)C[C@@H](O)[C@@H]1Cc2ccccc2CN1C(=O)OC(C)(C)C. The number of carbonyl (C=O) groups excluding carboxylic acids is 1. The molecule has 0 saturated carbocycles. The van der Waals surface area contributed by atoms with Gasteiger partial charge in [-0.15, -0.1) is 0 Å². The molecule has 1 aliphatic rings. The number of likely N-dealkylation sites (N-methyl/N-ethyl adjacent to an activating group) is 1. The highest BCUT2D eigenvalue weighted by Gasteiger charge is 2.37. The number of nitrogens with zero attached hydrogens (tertiary/aromatic N) is 2. The van der Waals surface area contributed by atoms with Crippen LogP contribution in [-0.2, 0) is 24.2 Å². The quantitative estimate of drug-likeness (QED) is 0.834. The molecule has 0 aromatic heterocycles. The molecule has 1 amide bonds. The van der Waals surface area contributed by atoms with E-state index in [-0.39, 0.29) is 12.1 Å². The number of aliphatic hydroxyl groups is 1. The lowest BCUT2D eigenvalue weighted by molar-refractivity contribution is -0.0181. The zero-order valence-corrected chi connectivity index (χ0v) is 17.8. The highest BCUT2D eigenvalue weighted by Crippen LogP contribution is 2.27. The lowest BCUT2D eigenvalue weighted by atomic mass is 9.91. The van der Waals surface area contributed by atoms with Crippen molar-refractivity contribution in [3.8, 4) is 0 Å². The van der Waals surface area contributed by atoms with E-state index in [0.717, 1.165) is 12.1 Å². The zero-order chi connectivity index (χ0) is 21.0. The molecule has 5 heteroatoms. The Bertz CT molecular complexity index is 816. The number of amides is 1. The second-order valence-electron chi connectivity index (χ2n) is 8.90. The Kier molecular flexibility index (Phi) is 6.60. The molecule has 29 heavy (non-hydrogen) atoms. The number of aliphatic hydroxyl groups excluding tert-OH is 1. The highest BCUT2D eigenvalue weighted by molar-refractivity contribution is 5.69. The first kappa shape index (κ1) is 21.3. The summed E-state index contributed by atoms with van der Waals surface area (Å²) in [6, 6.07) is 18.0. The van der Waals surface area contributed by atoms with Gasteiger partial charge >= 0.3 is 6.09 Å². The molecular weight excluding hydrogens is 364 g/mol. The number of rotatable bonds is 5. The van der Waals surface area contributed by atoms with Crippen LogP contribution in [0.15, 0.2) is 54.6 Å². The van der Waals surface area contributed by atoms with Gasteiger partial charge in [-0.25, -0.2) is 4.79 Å². The van der Waals surface area contributed by atoms with Gasteiger partial charge in [-0.1, -0.05) is 54.6 Å². The van der Waals surface area contributed by atoms with Gasteiger partial charge < -0.3 is 9.84 Å². The van der Waals surface area contributed by atoms with Crippen LogP contribution >= 0.6 is 0 Å². The molecule has 0 saturated heterocycles. The topological polar surface area (TPSA) is 53.0 Å². The highest BCUT2D eigenvalue weighted by atomic mass is 16.6. The van der Waals surface area contributed by atoms with Crippen molar-refractivity contribution in [3.05, 3.63) is 71.3 Å². The summed E-state index contributed by atoms with van der Waals surface area (Å²) in [5.74, 6) is 0. The molecule has 0 spiro atoms. The summed E-state index contributed by atoms with van der Waals surface area (Å²) in [5, 5.41) is 11.1. The van der Waals surface area contributed by atoms with Crippen LogP contribution in [0.1, 0.15) is 37.5 Å². The Morgan fingerprint density at radius 2 is 1.76 bits per heavy atom. The largest absolute Gasteiger partial charge is 0.444 e. The van der Waals surface area contributed by atoms with Gasteiger partial charge in [0, 0.05) is 19.6 Å². The van der Waals surface area contributed by atoms with E-state index in [1.807, 2.05) is 64.2 Å². The van der Waals surface area contributed by atoms with Gasteiger partial charge in [-0.2, -0.15) is 0 Å². The average molecular weight is 397 g/mol. The molecule has 156 valence electrons. The summed E-state index contributed by atoms with van der Waals surface area (Å²) in [6.07, 6.45) is -0.429. The molecule has 5 nitrogen and oxygen atoms in total. The number of ether oxygens (including phenoxy) is 1. The lowest BCUT2D eigenvalue weighted by Gasteiger charge is -2.40. The number of carbonyl (C=O) groups is 1. The van der Waals surface area contributed by atoms with Crippen LogP contribution in [0.25, 0.3) is 0 Å². The molecular formula is C24H32N2O3. The Morgan fingerprint density at radius 3 is 2.41 bits per heavy atom. The van der Waals surface area contributed by atoms with Gasteiger partial charge in [0.25, 0.3) is 0 Å².